The Morgan fingerprint density at radius 1 is 1.20 bits per heavy atom. The molecule has 0 heterocycles. The molecule has 0 unspecified atom stereocenters. The Kier molecular flexibility index (Phi) is 5.83. The second-order valence-corrected chi connectivity index (χ2v) is 3.95. The van der Waals surface area contributed by atoms with Gasteiger partial charge in [-0.05, 0) is 19.9 Å². The van der Waals surface area contributed by atoms with Crippen LogP contribution < -0.4 is 14.2 Å². The molecule has 0 radical (unpaired) electrons. The number of rotatable bonds is 7. The molecule has 0 N–H and O–H groups in total. The van der Waals surface area contributed by atoms with Crippen molar-refractivity contribution < 1.29 is 19.1 Å². The third kappa shape index (κ3) is 3.88. The zero-order valence-corrected chi connectivity index (χ0v) is 12.1. The highest BCUT2D eigenvalue weighted by atomic mass is 16.6. The zero-order chi connectivity index (χ0) is 15.1. The Hall–Kier alpha value is -2.24. The largest absolute Gasteiger partial charge is 0.493 e. The fraction of sp³-hybridized carbons (Fsp3) is 0.429. The summed E-state index contributed by atoms with van der Waals surface area (Å²) in [5, 5.41) is 10.7. The van der Waals surface area contributed by atoms with Gasteiger partial charge in [0.1, 0.15) is 5.75 Å². The van der Waals surface area contributed by atoms with Crippen molar-refractivity contribution in [3.05, 3.63) is 33.5 Å². The molecule has 0 saturated heterocycles. The number of hydrogen-bond donors (Lipinski definition) is 0. The average molecular weight is 281 g/mol. The number of allylic oxidation sites excluding steroid dienone is 1. The summed E-state index contributed by atoms with van der Waals surface area (Å²) in [6.45, 7) is 6.06. The zero-order valence-electron chi connectivity index (χ0n) is 12.1. The number of hydrogen-bond acceptors (Lipinski definition) is 5. The van der Waals surface area contributed by atoms with E-state index in [1.807, 2.05) is 13.8 Å². The van der Waals surface area contributed by atoms with Gasteiger partial charge in [-0.1, -0.05) is 0 Å². The van der Waals surface area contributed by atoms with Gasteiger partial charge >= 0.3 is 0 Å². The summed E-state index contributed by atoms with van der Waals surface area (Å²) in [6.07, 6.45) is 1.45. The predicted molar refractivity (Wildman–Crippen MR) is 76.0 cm³/mol. The minimum Gasteiger partial charge on any atom is -0.493 e. The van der Waals surface area contributed by atoms with Crippen LogP contribution in [0.2, 0.25) is 0 Å². The van der Waals surface area contributed by atoms with E-state index in [-0.39, 0.29) is 5.70 Å². The summed E-state index contributed by atoms with van der Waals surface area (Å²) in [6, 6.07) is 3.36. The first-order chi connectivity index (χ1) is 9.53. The highest BCUT2D eigenvalue weighted by Gasteiger charge is 2.13. The molecular formula is C14H19NO5. The monoisotopic (exact) mass is 281 g/mol. The van der Waals surface area contributed by atoms with E-state index in [9.17, 15) is 10.1 Å². The Bertz CT molecular complexity index is 511. The number of ether oxygens (including phenoxy) is 3. The van der Waals surface area contributed by atoms with Crippen LogP contribution in [-0.2, 0) is 0 Å². The number of nitro groups is 1. The Morgan fingerprint density at radius 2 is 1.80 bits per heavy atom. The molecule has 0 bridgehead atoms. The van der Waals surface area contributed by atoms with Crippen molar-refractivity contribution >= 4 is 6.08 Å². The van der Waals surface area contributed by atoms with Crippen LogP contribution in [0.4, 0.5) is 0 Å². The topological polar surface area (TPSA) is 70.8 Å². The fourth-order valence-electron chi connectivity index (χ4n) is 1.66. The molecule has 6 heteroatoms. The van der Waals surface area contributed by atoms with Gasteiger partial charge < -0.3 is 14.2 Å². The van der Waals surface area contributed by atoms with Crippen LogP contribution in [0.1, 0.15) is 26.3 Å². The molecule has 0 saturated carbocycles. The van der Waals surface area contributed by atoms with Gasteiger partial charge in [-0.3, -0.25) is 10.1 Å². The number of methoxy groups -OCH3 is 1. The highest BCUT2D eigenvalue weighted by Crippen LogP contribution is 2.36. The van der Waals surface area contributed by atoms with Crippen molar-refractivity contribution in [2.24, 2.45) is 0 Å². The van der Waals surface area contributed by atoms with Gasteiger partial charge in [0.25, 0.3) is 0 Å². The van der Waals surface area contributed by atoms with Gasteiger partial charge in [0.05, 0.1) is 25.2 Å². The van der Waals surface area contributed by atoms with Crippen LogP contribution in [0.3, 0.4) is 0 Å². The van der Waals surface area contributed by atoms with E-state index in [1.54, 1.807) is 12.1 Å². The molecule has 20 heavy (non-hydrogen) atoms. The van der Waals surface area contributed by atoms with Gasteiger partial charge in [-0.25, -0.2) is 0 Å². The normalized spacial score (nSPS) is 11.1. The van der Waals surface area contributed by atoms with Gasteiger partial charge in [0.15, 0.2) is 11.5 Å². The van der Waals surface area contributed by atoms with Crippen molar-refractivity contribution in [3.8, 4) is 17.2 Å². The molecule has 0 aliphatic carbocycles. The molecule has 1 aromatic rings. The van der Waals surface area contributed by atoms with E-state index in [0.717, 1.165) is 0 Å². The molecule has 6 nitrogen and oxygen atoms in total. The maximum atomic E-state index is 10.7. The predicted octanol–water partition coefficient (Wildman–Crippen LogP) is 3.13. The molecule has 0 aromatic heterocycles. The van der Waals surface area contributed by atoms with E-state index >= 15 is 0 Å². The molecular weight excluding hydrogens is 262 g/mol. The summed E-state index contributed by atoms with van der Waals surface area (Å²) < 4.78 is 16.2. The van der Waals surface area contributed by atoms with E-state index in [4.69, 9.17) is 14.2 Å². The van der Waals surface area contributed by atoms with Gasteiger partial charge in [-0.2, -0.15) is 0 Å². The molecule has 1 aromatic carbocycles. The SMILES string of the molecule is CCOc1cc(OC)c(OCC)cc1/C=C(\C)[N+](=O)[O-]. The molecule has 1 rings (SSSR count). The van der Waals surface area contributed by atoms with Crippen molar-refractivity contribution in [1.29, 1.82) is 0 Å². The molecule has 0 amide bonds. The lowest BCUT2D eigenvalue weighted by Crippen LogP contribution is -2.00. The van der Waals surface area contributed by atoms with E-state index in [2.05, 4.69) is 0 Å². The van der Waals surface area contributed by atoms with Gasteiger partial charge in [0, 0.05) is 24.6 Å². The Morgan fingerprint density at radius 3 is 2.30 bits per heavy atom. The van der Waals surface area contributed by atoms with Crippen LogP contribution in [0, 0.1) is 10.1 Å². The highest BCUT2D eigenvalue weighted by molar-refractivity contribution is 5.64. The van der Waals surface area contributed by atoms with Crippen LogP contribution >= 0.6 is 0 Å². The van der Waals surface area contributed by atoms with Crippen LogP contribution in [0.15, 0.2) is 17.8 Å². The molecule has 0 spiro atoms. The smallest absolute Gasteiger partial charge is 0.243 e. The summed E-state index contributed by atoms with van der Waals surface area (Å²) >= 11 is 0. The average Bonchev–Trinajstić information content (AvgIpc) is 2.41. The molecule has 110 valence electrons. The number of benzene rings is 1. The Balaban J connectivity index is 3.34. The first kappa shape index (κ1) is 15.8. The second-order valence-electron chi connectivity index (χ2n) is 3.95. The van der Waals surface area contributed by atoms with Crippen LogP contribution in [-0.4, -0.2) is 25.2 Å². The minimum absolute atomic E-state index is 0.0265. The maximum Gasteiger partial charge on any atom is 0.243 e. The fourth-order valence-corrected chi connectivity index (χ4v) is 1.66. The van der Waals surface area contributed by atoms with Crippen LogP contribution in [0.5, 0.6) is 17.2 Å². The lowest BCUT2D eigenvalue weighted by Gasteiger charge is -2.14. The quantitative estimate of drug-likeness (QED) is 0.567. The van der Waals surface area contributed by atoms with Gasteiger partial charge in [-0.15, -0.1) is 0 Å². The first-order valence-corrected chi connectivity index (χ1v) is 6.33. The summed E-state index contributed by atoms with van der Waals surface area (Å²) in [5.41, 5.74) is 0.615. The van der Waals surface area contributed by atoms with E-state index in [1.165, 1.54) is 20.1 Å². The molecule has 0 aliphatic rings. The summed E-state index contributed by atoms with van der Waals surface area (Å²) in [4.78, 5) is 10.3. The maximum absolute atomic E-state index is 10.7. The van der Waals surface area contributed by atoms with Gasteiger partial charge in [0.2, 0.25) is 5.70 Å². The third-order valence-electron chi connectivity index (χ3n) is 2.55. The molecule has 0 aliphatic heterocycles. The minimum atomic E-state index is -0.444. The number of nitrogens with zero attached hydrogens (tertiary/aromatic N) is 1. The van der Waals surface area contributed by atoms with Crippen molar-refractivity contribution in [2.75, 3.05) is 20.3 Å². The van der Waals surface area contributed by atoms with E-state index < -0.39 is 4.92 Å². The third-order valence-corrected chi connectivity index (χ3v) is 2.55. The first-order valence-electron chi connectivity index (χ1n) is 6.33. The Labute approximate surface area is 118 Å². The van der Waals surface area contributed by atoms with Crippen molar-refractivity contribution in [2.45, 2.75) is 20.8 Å². The summed E-state index contributed by atoms with van der Waals surface area (Å²) in [5.74, 6) is 1.58. The lowest BCUT2D eigenvalue weighted by molar-refractivity contribution is -0.422. The molecule has 0 fully saturated rings. The second kappa shape index (κ2) is 7.37. The van der Waals surface area contributed by atoms with Crippen molar-refractivity contribution in [1.82, 2.24) is 0 Å². The van der Waals surface area contributed by atoms with Crippen molar-refractivity contribution in [3.63, 3.8) is 0 Å². The standard InChI is InChI=1S/C14H19NO5/c1-5-19-12-9-13(18-4)14(20-6-2)8-11(12)7-10(3)15(16)17/h7-9H,5-6H2,1-4H3/b10-7+. The van der Waals surface area contributed by atoms with E-state index in [0.29, 0.717) is 36.0 Å². The molecule has 0 atom stereocenters. The van der Waals surface area contributed by atoms with Crippen LogP contribution in [0.25, 0.3) is 6.08 Å². The summed E-state index contributed by atoms with van der Waals surface area (Å²) in [7, 11) is 1.53. The lowest BCUT2D eigenvalue weighted by atomic mass is 10.1.